The zero-order valence-electron chi connectivity index (χ0n) is 16.5. The van der Waals surface area contributed by atoms with Crippen molar-refractivity contribution in [2.45, 2.75) is 45.6 Å². The number of nitrogens with zero attached hydrogens (tertiary/aromatic N) is 3. The highest BCUT2D eigenvalue weighted by atomic mass is 19.1. The first kappa shape index (κ1) is 19.5. The molecule has 1 aliphatic rings. The van der Waals surface area contributed by atoms with Gasteiger partial charge in [0.15, 0.2) is 0 Å². The molecular weight excluding hydrogens is 343 g/mol. The Bertz CT molecular complexity index is 795. The van der Waals surface area contributed by atoms with E-state index in [0.29, 0.717) is 24.9 Å². The van der Waals surface area contributed by atoms with E-state index in [2.05, 4.69) is 15.3 Å². The van der Waals surface area contributed by atoms with Crippen LogP contribution in [0.15, 0.2) is 24.3 Å². The number of aryl methyl sites for hydroxylation is 2. The van der Waals surface area contributed by atoms with Crippen LogP contribution in [0.5, 0.6) is 0 Å². The minimum Gasteiger partial charge on any atom is -0.354 e. The van der Waals surface area contributed by atoms with Crippen molar-refractivity contribution in [2.24, 2.45) is 7.05 Å². The van der Waals surface area contributed by atoms with Gasteiger partial charge in [-0.1, -0.05) is 18.2 Å². The predicted molar refractivity (Wildman–Crippen MR) is 104 cm³/mol. The third-order valence-corrected chi connectivity index (χ3v) is 5.60. The lowest BCUT2D eigenvalue weighted by Crippen LogP contribution is -2.37. The lowest BCUT2D eigenvalue weighted by Gasteiger charge is -2.28. The van der Waals surface area contributed by atoms with Crippen LogP contribution in [0.1, 0.15) is 47.8 Å². The second-order valence-corrected chi connectivity index (χ2v) is 7.36. The Labute approximate surface area is 160 Å². The molecule has 6 heteroatoms. The van der Waals surface area contributed by atoms with Crippen LogP contribution in [0.2, 0.25) is 0 Å². The zero-order valence-corrected chi connectivity index (χ0v) is 16.5. The number of benzene rings is 1. The van der Waals surface area contributed by atoms with Gasteiger partial charge in [-0.2, -0.15) is 5.10 Å². The van der Waals surface area contributed by atoms with Gasteiger partial charge >= 0.3 is 0 Å². The summed E-state index contributed by atoms with van der Waals surface area (Å²) < 4.78 is 16.2. The van der Waals surface area contributed by atoms with E-state index >= 15 is 0 Å². The summed E-state index contributed by atoms with van der Waals surface area (Å²) in [7, 11) is 1.92. The van der Waals surface area contributed by atoms with E-state index in [0.717, 1.165) is 42.9 Å². The standard InChI is InChI=1S/C21H29FN4O/c1-15-17(16(2)25(3)24-15)10-11-21(27)23-14-20(26-12-6-7-13-26)18-8-4-5-9-19(18)22/h4-5,8-9,20H,6-7,10-14H2,1-3H3,(H,23,27)/t20-/m1/s1. The van der Waals surface area contributed by atoms with Gasteiger partial charge in [0.25, 0.3) is 0 Å². The van der Waals surface area contributed by atoms with E-state index in [4.69, 9.17) is 0 Å². The van der Waals surface area contributed by atoms with E-state index in [-0.39, 0.29) is 17.8 Å². The normalized spacial score (nSPS) is 15.9. The number of hydrogen-bond acceptors (Lipinski definition) is 3. The number of aromatic nitrogens is 2. The van der Waals surface area contributed by atoms with Gasteiger partial charge in [-0.3, -0.25) is 14.4 Å². The van der Waals surface area contributed by atoms with E-state index in [9.17, 15) is 9.18 Å². The molecular formula is C21H29FN4O. The zero-order chi connectivity index (χ0) is 19.4. The molecule has 2 aromatic rings. The summed E-state index contributed by atoms with van der Waals surface area (Å²) in [6, 6.07) is 6.77. The Morgan fingerprint density at radius 1 is 1.26 bits per heavy atom. The lowest BCUT2D eigenvalue weighted by molar-refractivity contribution is -0.121. The maximum Gasteiger partial charge on any atom is 0.220 e. The maximum absolute atomic E-state index is 14.3. The Morgan fingerprint density at radius 2 is 1.96 bits per heavy atom. The third-order valence-electron chi connectivity index (χ3n) is 5.60. The SMILES string of the molecule is Cc1nn(C)c(C)c1CCC(=O)NC[C@H](c1ccccc1F)N1CCCC1. The summed E-state index contributed by atoms with van der Waals surface area (Å²) in [6.07, 6.45) is 3.33. The molecule has 27 heavy (non-hydrogen) atoms. The smallest absolute Gasteiger partial charge is 0.220 e. The van der Waals surface area contributed by atoms with Gasteiger partial charge in [-0.05, 0) is 57.8 Å². The van der Waals surface area contributed by atoms with Crippen LogP contribution < -0.4 is 5.32 Å². The van der Waals surface area contributed by atoms with Crippen molar-refractivity contribution in [3.8, 4) is 0 Å². The first-order valence-electron chi connectivity index (χ1n) is 9.71. The summed E-state index contributed by atoms with van der Waals surface area (Å²) in [4.78, 5) is 14.7. The largest absolute Gasteiger partial charge is 0.354 e. The van der Waals surface area contributed by atoms with E-state index in [1.807, 2.05) is 37.7 Å². The minimum atomic E-state index is -0.203. The van der Waals surface area contributed by atoms with E-state index in [1.54, 1.807) is 6.07 Å². The van der Waals surface area contributed by atoms with Crippen LogP contribution in [0.4, 0.5) is 4.39 Å². The molecule has 0 bridgehead atoms. The van der Waals surface area contributed by atoms with Crippen LogP contribution in [-0.4, -0.2) is 40.2 Å². The Balaban J connectivity index is 1.61. The lowest BCUT2D eigenvalue weighted by atomic mass is 10.0. The van der Waals surface area contributed by atoms with Gasteiger partial charge in [-0.15, -0.1) is 0 Å². The van der Waals surface area contributed by atoms with Crippen molar-refractivity contribution < 1.29 is 9.18 Å². The van der Waals surface area contributed by atoms with Crippen molar-refractivity contribution in [2.75, 3.05) is 19.6 Å². The maximum atomic E-state index is 14.3. The number of nitrogens with one attached hydrogen (secondary N) is 1. The van der Waals surface area contributed by atoms with E-state index < -0.39 is 0 Å². The van der Waals surface area contributed by atoms with Crippen molar-refractivity contribution in [1.29, 1.82) is 0 Å². The molecule has 0 spiro atoms. The molecule has 0 aliphatic carbocycles. The molecule has 1 amide bonds. The van der Waals surface area contributed by atoms with Crippen molar-refractivity contribution >= 4 is 5.91 Å². The fraction of sp³-hybridized carbons (Fsp3) is 0.524. The number of likely N-dealkylation sites (tertiary alicyclic amines) is 1. The highest BCUT2D eigenvalue weighted by Gasteiger charge is 2.26. The van der Waals surface area contributed by atoms with Crippen LogP contribution in [0.3, 0.4) is 0 Å². The molecule has 0 radical (unpaired) electrons. The third kappa shape index (κ3) is 4.56. The van der Waals surface area contributed by atoms with Crippen LogP contribution in [0.25, 0.3) is 0 Å². The molecule has 1 saturated heterocycles. The quantitative estimate of drug-likeness (QED) is 0.813. The fourth-order valence-electron chi connectivity index (χ4n) is 3.95. The van der Waals surface area contributed by atoms with Crippen molar-refractivity contribution in [3.63, 3.8) is 0 Å². The van der Waals surface area contributed by atoms with Gasteiger partial charge in [0.1, 0.15) is 5.82 Å². The highest BCUT2D eigenvalue weighted by molar-refractivity contribution is 5.76. The molecule has 3 rings (SSSR count). The number of amides is 1. The van der Waals surface area contributed by atoms with Gasteiger partial charge in [-0.25, -0.2) is 4.39 Å². The molecule has 1 aliphatic heterocycles. The average molecular weight is 372 g/mol. The Hall–Kier alpha value is -2.21. The topological polar surface area (TPSA) is 50.2 Å². The summed E-state index contributed by atoms with van der Waals surface area (Å²) in [5, 5.41) is 7.43. The summed E-state index contributed by atoms with van der Waals surface area (Å²) in [5.41, 5.74) is 3.88. The molecule has 1 aromatic carbocycles. The molecule has 1 atom stereocenters. The number of carbonyl (C=O) groups excluding carboxylic acids is 1. The number of halogens is 1. The first-order chi connectivity index (χ1) is 13.0. The molecule has 1 fully saturated rings. The second kappa shape index (κ2) is 8.65. The van der Waals surface area contributed by atoms with Gasteiger partial charge in [0.05, 0.1) is 11.7 Å². The first-order valence-corrected chi connectivity index (χ1v) is 9.71. The van der Waals surface area contributed by atoms with E-state index in [1.165, 1.54) is 6.07 Å². The average Bonchev–Trinajstić information content (AvgIpc) is 3.25. The van der Waals surface area contributed by atoms with Gasteiger partial charge in [0, 0.05) is 31.3 Å². The number of rotatable bonds is 7. The minimum absolute atomic E-state index is 0.00168. The summed E-state index contributed by atoms with van der Waals surface area (Å²) in [5.74, 6) is -0.205. The van der Waals surface area contributed by atoms with Gasteiger partial charge in [0.2, 0.25) is 5.91 Å². The molecule has 2 heterocycles. The Morgan fingerprint density at radius 3 is 2.59 bits per heavy atom. The van der Waals surface area contributed by atoms with Gasteiger partial charge < -0.3 is 5.32 Å². The predicted octanol–water partition coefficient (Wildman–Crippen LogP) is 3.06. The highest BCUT2D eigenvalue weighted by Crippen LogP contribution is 2.26. The second-order valence-electron chi connectivity index (χ2n) is 7.36. The van der Waals surface area contributed by atoms with Crippen LogP contribution >= 0.6 is 0 Å². The van der Waals surface area contributed by atoms with Crippen molar-refractivity contribution in [3.05, 3.63) is 52.6 Å². The molecule has 0 saturated carbocycles. The molecule has 1 aromatic heterocycles. The molecule has 0 unspecified atom stereocenters. The number of hydrogen-bond donors (Lipinski definition) is 1. The monoisotopic (exact) mass is 372 g/mol. The Kier molecular flexibility index (Phi) is 6.26. The van der Waals surface area contributed by atoms with Crippen LogP contribution in [-0.2, 0) is 18.3 Å². The summed E-state index contributed by atoms with van der Waals surface area (Å²) in [6.45, 7) is 6.33. The molecule has 5 nitrogen and oxygen atoms in total. The van der Waals surface area contributed by atoms with Crippen LogP contribution in [0, 0.1) is 19.7 Å². The molecule has 1 N–H and O–H groups in total. The van der Waals surface area contributed by atoms with Crippen molar-refractivity contribution in [1.82, 2.24) is 20.0 Å². The summed E-state index contributed by atoms with van der Waals surface area (Å²) >= 11 is 0. The number of carbonyl (C=O) groups is 1. The fourth-order valence-corrected chi connectivity index (χ4v) is 3.95. The molecule has 146 valence electrons.